The molecule has 3 aliphatic rings. The molecule has 1 aliphatic carbocycles. The number of ketones is 1. The van der Waals surface area contributed by atoms with Crippen molar-refractivity contribution in [2.24, 2.45) is 11.8 Å². The minimum Gasteiger partial charge on any atom is -0.332 e. The molecule has 0 spiro atoms. The van der Waals surface area contributed by atoms with Gasteiger partial charge in [-0.05, 0) is 58.4 Å². The zero-order chi connectivity index (χ0) is 20.4. The van der Waals surface area contributed by atoms with Crippen molar-refractivity contribution in [1.82, 2.24) is 19.8 Å². The molecule has 6 nitrogen and oxygen atoms in total. The van der Waals surface area contributed by atoms with Gasteiger partial charge in [-0.25, -0.2) is 9.97 Å². The summed E-state index contributed by atoms with van der Waals surface area (Å²) in [7, 11) is 2.19. The Hall–Kier alpha value is -0.800. The third kappa shape index (κ3) is 5.10. The number of hydrogen-bond acceptors (Lipinski definition) is 6. The number of alkyl halides is 1. The summed E-state index contributed by atoms with van der Waals surface area (Å²) in [6, 6.07) is 1.14. The van der Waals surface area contributed by atoms with E-state index in [4.69, 9.17) is 9.97 Å². The van der Waals surface area contributed by atoms with Crippen molar-refractivity contribution in [2.45, 2.75) is 64.1 Å². The molecular weight excluding hydrogens is 477 g/mol. The third-order valence-corrected chi connectivity index (χ3v) is 8.06. The van der Waals surface area contributed by atoms with Crippen LogP contribution in [-0.2, 0) is 11.3 Å². The van der Waals surface area contributed by atoms with Crippen molar-refractivity contribution in [2.75, 3.05) is 36.1 Å². The molecule has 2 unspecified atom stereocenters. The first-order valence-electron chi connectivity index (χ1n) is 11.1. The Morgan fingerprint density at radius 1 is 1.10 bits per heavy atom. The van der Waals surface area contributed by atoms with Crippen molar-refractivity contribution < 1.29 is 4.79 Å². The lowest BCUT2D eigenvalue weighted by atomic mass is 9.80. The van der Waals surface area contributed by atoms with Crippen molar-refractivity contribution in [3.8, 4) is 0 Å². The van der Waals surface area contributed by atoms with Gasteiger partial charge in [0, 0.05) is 62.1 Å². The lowest BCUT2D eigenvalue weighted by Gasteiger charge is -2.40. The van der Waals surface area contributed by atoms with Crippen LogP contribution in [0.25, 0.3) is 0 Å². The Balaban J connectivity index is 1.28. The SMILES string of the molecule is CC(=O)C1CCC(CN(C)Cc2cnc(N3C4CCC3CN(CI)C4)nc2)CC1. The maximum atomic E-state index is 11.6. The second-order valence-corrected chi connectivity index (χ2v) is 10.0. The van der Waals surface area contributed by atoms with Gasteiger partial charge in [-0.1, -0.05) is 22.6 Å². The molecule has 0 radical (unpaired) electrons. The molecule has 1 saturated carbocycles. The van der Waals surface area contributed by atoms with E-state index in [9.17, 15) is 4.79 Å². The molecule has 4 rings (SSSR count). The lowest BCUT2D eigenvalue weighted by molar-refractivity contribution is -0.121. The Bertz CT molecular complexity index is 677. The first-order valence-corrected chi connectivity index (χ1v) is 12.6. The lowest BCUT2D eigenvalue weighted by Crippen LogP contribution is -2.54. The monoisotopic (exact) mass is 511 g/mol. The standard InChI is InChI=1S/C22H34IN5O/c1-16(29)19-5-3-17(4-6-19)11-26(2)12-18-9-24-22(25-10-18)28-20-7-8-21(28)14-27(13-20)15-23/h9-10,17,19-21H,3-8,11-15H2,1-2H3. The van der Waals surface area contributed by atoms with Gasteiger partial charge in [0.15, 0.2) is 0 Å². The molecule has 160 valence electrons. The third-order valence-electron chi connectivity index (χ3n) is 7.09. The number of Topliss-reactive ketones (excluding diaryl/α,β-unsaturated/α-hetero) is 1. The highest BCUT2D eigenvalue weighted by atomic mass is 127. The van der Waals surface area contributed by atoms with Crippen LogP contribution in [0.15, 0.2) is 12.4 Å². The van der Waals surface area contributed by atoms with E-state index < -0.39 is 0 Å². The van der Waals surface area contributed by atoms with Crippen molar-refractivity contribution in [1.29, 1.82) is 0 Å². The fourth-order valence-electron chi connectivity index (χ4n) is 5.55. The molecule has 2 saturated heterocycles. The highest BCUT2D eigenvalue weighted by Crippen LogP contribution is 2.33. The van der Waals surface area contributed by atoms with E-state index in [2.05, 4.69) is 44.3 Å². The highest BCUT2D eigenvalue weighted by Gasteiger charge is 2.40. The van der Waals surface area contributed by atoms with Crippen molar-refractivity contribution in [3.63, 3.8) is 0 Å². The summed E-state index contributed by atoms with van der Waals surface area (Å²) in [5.41, 5.74) is 1.19. The van der Waals surface area contributed by atoms with Crippen LogP contribution in [0.2, 0.25) is 0 Å². The molecule has 1 aromatic rings. The van der Waals surface area contributed by atoms with E-state index in [1.54, 1.807) is 6.92 Å². The maximum Gasteiger partial charge on any atom is 0.225 e. The number of carbonyl (C=O) groups is 1. The summed E-state index contributed by atoms with van der Waals surface area (Å²) < 4.78 is 1.11. The minimum absolute atomic E-state index is 0.312. The maximum absolute atomic E-state index is 11.6. The van der Waals surface area contributed by atoms with Crippen LogP contribution in [0.1, 0.15) is 51.0 Å². The number of rotatable bonds is 7. The summed E-state index contributed by atoms with van der Waals surface area (Å²) >= 11 is 2.47. The van der Waals surface area contributed by atoms with E-state index in [-0.39, 0.29) is 0 Å². The average Bonchev–Trinajstić information content (AvgIpc) is 2.98. The molecule has 2 atom stereocenters. The van der Waals surface area contributed by atoms with Gasteiger partial charge in [0.2, 0.25) is 5.95 Å². The Kier molecular flexibility index (Phi) is 7.06. The quantitative estimate of drug-likeness (QED) is 0.318. The molecule has 2 bridgehead atoms. The van der Waals surface area contributed by atoms with Crippen molar-refractivity contribution in [3.05, 3.63) is 18.0 Å². The average molecular weight is 511 g/mol. The fraction of sp³-hybridized carbons (Fsp3) is 0.773. The van der Waals surface area contributed by atoms with Crippen LogP contribution in [0, 0.1) is 11.8 Å². The van der Waals surface area contributed by atoms with E-state index in [0.717, 1.165) is 49.5 Å². The topological polar surface area (TPSA) is 52.6 Å². The largest absolute Gasteiger partial charge is 0.332 e. The fourth-order valence-corrected chi connectivity index (χ4v) is 6.10. The normalized spacial score (nSPS) is 30.1. The smallest absolute Gasteiger partial charge is 0.225 e. The van der Waals surface area contributed by atoms with Gasteiger partial charge in [-0.15, -0.1) is 0 Å². The second-order valence-electron chi connectivity index (χ2n) is 9.36. The Morgan fingerprint density at radius 3 is 2.28 bits per heavy atom. The molecule has 3 heterocycles. The number of nitrogens with zero attached hydrogens (tertiary/aromatic N) is 5. The molecule has 7 heteroatoms. The van der Waals surface area contributed by atoms with Crippen LogP contribution in [-0.4, -0.2) is 68.9 Å². The van der Waals surface area contributed by atoms with Gasteiger partial charge >= 0.3 is 0 Å². The molecule has 2 aliphatic heterocycles. The van der Waals surface area contributed by atoms with Gasteiger partial charge in [0.25, 0.3) is 0 Å². The number of anilines is 1. The van der Waals surface area contributed by atoms with Crippen LogP contribution in [0.4, 0.5) is 5.95 Å². The second kappa shape index (κ2) is 9.56. The van der Waals surface area contributed by atoms with E-state index in [1.165, 1.54) is 31.2 Å². The number of halogens is 1. The van der Waals surface area contributed by atoms with Gasteiger partial charge < -0.3 is 9.80 Å². The summed E-state index contributed by atoms with van der Waals surface area (Å²) in [5.74, 6) is 2.31. The predicted molar refractivity (Wildman–Crippen MR) is 124 cm³/mol. The molecule has 0 N–H and O–H groups in total. The summed E-state index contributed by atoms with van der Waals surface area (Å²) in [5, 5.41) is 0. The van der Waals surface area contributed by atoms with E-state index in [0.29, 0.717) is 29.7 Å². The van der Waals surface area contributed by atoms with Gasteiger partial charge in [-0.2, -0.15) is 0 Å². The first-order chi connectivity index (χ1) is 14.0. The zero-order valence-corrected chi connectivity index (χ0v) is 19.9. The van der Waals surface area contributed by atoms with Gasteiger partial charge in [-0.3, -0.25) is 9.69 Å². The van der Waals surface area contributed by atoms with Crippen LogP contribution >= 0.6 is 22.6 Å². The molecule has 3 fully saturated rings. The molecule has 0 aromatic carbocycles. The zero-order valence-electron chi connectivity index (χ0n) is 17.8. The Labute approximate surface area is 188 Å². The molecule has 1 aromatic heterocycles. The number of aromatic nitrogens is 2. The van der Waals surface area contributed by atoms with Crippen molar-refractivity contribution >= 4 is 34.3 Å². The molecule has 29 heavy (non-hydrogen) atoms. The minimum atomic E-state index is 0.312. The van der Waals surface area contributed by atoms with Crippen LogP contribution in [0.5, 0.6) is 0 Å². The molecular formula is C22H34IN5O. The number of fused-ring (bicyclic) bond motifs is 2. The predicted octanol–water partition coefficient (Wildman–Crippen LogP) is 3.35. The summed E-state index contributed by atoms with van der Waals surface area (Å²) in [6.07, 6.45) is 11.1. The summed E-state index contributed by atoms with van der Waals surface area (Å²) in [6.45, 7) is 6.01. The number of carbonyl (C=O) groups excluding carboxylic acids is 1. The van der Waals surface area contributed by atoms with Crippen LogP contribution in [0.3, 0.4) is 0 Å². The first kappa shape index (κ1) is 21.4. The molecule has 0 amide bonds. The number of likely N-dealkylation sites (tertiary alicyclic amines) is 1. The number of hydrogen-bond donors (Lipinski definition) is 0. The van der Waals surface area contributed by atoms with E-state index >= 15 is 0 Å². The van der Waals surface area contributed by atoms with Gasteiger partial charge in [0.05, 0.1) is 4.55 Å². The van der Waals surface area contributed by atoms with Gasteiger partial charge in [0.1, 0.15) is 5.78 Å². The number of piperazine rings is 1. The Morgan fingerprint density at radius 2 is 1.72 bits per heavy atom. The van der Waals surface area contributed by atoms with E-state index in [1.807, 2.05) is 12.4 Å². The van der Waals surface area contributed by atoms with Crippen LogP contribution < -0.4 is 4.90 Å². The summed E-state index contributed by atoms with van der Waals surface area (Å²) in [4.78, 5) is 28.5. The highest BCUT2D eigenvalue weighted by molar-refractivity contribution is 14.1.